The van der Waals surface area contributed by atoms with Crippen molar-refractivity contribution in [2.24, 2.45) is 17.8 Å². The highest BCUT2D eigenvalue weighted by molar-refractivity contribution is 5.70. The Labute approximate surface area is 293 Å². The van der Waals surface area contributed by atoms with Crippen molar-refractivity contribution >= 4 is 18.2 Å². The third-order valence-corrected chi connectivity index (χ3v) is 10.5. The first-order chi connectivity index (χ1) is 23.5. The van der Waals surface area contributed by atoms with Gasteiger partial charge >= 0.3 is 18.2 Å². The highest BCUT2D eigenvalue weighted by atomic mass is 16.6. The Morgan fingerprint density at radius 1 is 0.918 bits per heavy atom. The van der Waals surface area contributed by atoms with Gasteiger partial charge in [0, 0.05) is 57.1 Å². The van der Waals surface area contributed by atoms with Crippen LogP contribution in [0.2, 0.25) is 0 Å². The fraction of sp³-hybridized carbons (Fsp3) is 0.763. The number of aliphatic hydroxyl groups is 2. The fourth-order valence-electron chi connectivity index (χ4n) is 7.28. The molecule has 0 unspecified atom stereocenters. The largest absolute Gasteiger partial charge is 0.457 e. The molecule has 0 aromatic carbocycles. The molecule has 49 heavy (non-hydrogen) atoms. The number of likely N-dealkylation sites (tertiary alicyclic amines) is 1. The molecule has 11 heteroatoms. The van der Waals surface area contributed by atoms with E-state index in [9.17, 15) is 24.6 Å². The molecule has 3 heterocycles. The number of hydrogen-bond donors (Lipinski definition) is 2. The molecule has 1 saturated carbocycles. The molecule has 1 aliphatic carbocycles. The molecule has 3 aliphatic heterocycles. The second-order valence-electron chi connectivity index (χ2n) is 14.8. The number of aliphatic hydroxyl groups excluding tert-OH is 2. The number of amides is 2. The van der Waals surface area contributed by atoms with E-state index < -0.39 is 36.5 Å². The summed E-state index contributed by atoms with van der Waals surface area (Å²) in [5.74, 6) is -0.783. The average Bonchev–Trinajstić information content (AvgIpc) is 3.34. The summed E-state index contributed by atoms with van der Waals surface area (Å²) in [7, 11) is 0. The lowest BCUT2D eigenvalue weighted by Crippen LogP contribution is -2.52. The van der Waals surface area contributed by atoms with Gasteiger partial charge in [0.15, 0.2) is 0 Å². The highest BCUT2D eigenvalue weighted by Gasteiger charge is 2.31. The van der Waals surface area contributed by atoms with E-state index in [1.54, 1.807) is 0 Å². The predicted molar refractivity (Wildman–Crippen MR) is 188 cm³/mol. The minimum absolute atomic E-state index is 0.0473. The van der Waals surface area contributed by atoms with Gasteiger partial charge in [-0.15, -0.1) is 0 Å². The van der Waals surface area contributed by atoms with Gasteiger partial charge in [0.25, 0.3) is 0 Å². The summed E-state index contributed by atoms with van der Waals surface area (Å²) in [6.45, 7) is 11.9. The van der Waals surface area contributed by atoms with Crippen molar-refractivity contribution < 1.29 is 38.8 Å². The Bertz CT molecular complexity index is 1160. The van der Waals surface area contributed by atoms with Crippen LogP contribution in [0.25, 0.3) is 0 Å². The van der Waals surface area contributed by atoms with Crippen LogP contribution in [-0.2, 0) is 19.0 Å². The first-order valence-corrected chi connectivity index (χ1v) is 18.7. The molecule has 3 fully saturated rings. The standard InChI is InChI=1S/C38H61N3O8/c1-27(26-47-37(45)41-19-18-33(43)25-41)10-9-11-29(3)36-30(4)15-17-34(28(2)14-16-32(42)24-35(44)49-36)48-38(46)40-22-20-39(21-23-40)31-12-7-5-6-8-13-31/h9-11,15,17,27-28,30-34,36,42-43H,5-8,12-14,16,18-26H2,1-4H3/b10-9+,17-15+,29-11+/t27-,28-,30+,32+,33-,34+,36-/m1/s1. The van der Waals surface area contributed by atoms with Crippen LogP contribution in [0, 0.1) is 17.8 Å². The summed E-state index contributed by atoms with van der Waals surface area (Å²) in [6, 6.07) is 0.627. The Morgan fingerprint density at radius 3 is 2.31 bits per heavy atom. The van der Waals surface area contributed by atoms with Crippen molar-refractivity contribution in [3.8, 4) is 0 Å². The zero-order valence-electron chi connectivity index (χ0n) is 30.2. The van der Waals surface area contributed by atoms with Crippen molar-refractivity contribution in [2.45, 2.75) is 122 Å². The molecule has 7 atom stereocenters. The molecule has 2 amide bonds. The summed E-state index contributed by atoms with van der Waals surface area (Å²) >= 11 is 0. The lowest BCUT2D eigenvalue weighted by Gasteiger charge is -2.39. The number of ether oxygens (including phenoxy) is 3. The summed E-state index contributed by atoms with van der Waals surface area (Å²) < 4.78 is 17.4. The van der Waals surface area contributed by atoms with E-state index in [0.29, 0.717) is 51.5 Å². The van der Waals surface area contributed by atoms with Gasteiger partial charge in [-0.05, 0) is 56.6 Å². The van der Waals surface area contributed by atoms with Gasteiger partial charge in [0.1, 0.15) is 12.2 Å². The zero-order valence-corrected chi connectivity index (χ0v) is 30.2. The maximum atomic E-state index is 13.4. The van der Waals surface area contributed by atoms with E-state index in [2.05, 4.69) is 4.90 Å². The normalized spacial score (nSPS) is 31.7. The van der Waals surface area contributed by atoms with Gasteiger partial charge in [-0.25, -0.2) is 9.59 Å². The van der Waals surface area contributed by atoms with Gasteiger partial charge < -0.3 is 34.2 Å². The zero-order chi connectivity index (χ0) is 35.3. The molecule has 2 N–H and O–H groups in total. The summed E-state index contributed by atoms with van der Waals surface area (Å²) in [4.78, 5) is 44.4. The van der Waals surface area contributed by atoms with Gasteiger partial charge in [0.2, 0.25) is 0 Å². The molecule has 0 aromatic rings. The summed E-state index contributed by atoms with van der Waals surface area (Å²) in [5, 5.41) is 20.3. The molecule has 0 aromatic heterocycles. The fourth-order valence-corrected chi connectivity index (χ4v) is 7.28. The Balaban J connectivity index is 1.36. The molecule has 276 valence electrons. The van der Waals surface area contributed by atoms with Crippen LogP contribution in [0.1, 0.15) is 91.9 Å². The molecule has 0 spiro atoms. The van der Waals surface area contributed by atoms with Crippen LogP contribution in [0.15, 0.2) is 36.0 Å². The third kappa shape index (κ3) is 12.4. The van der Waals surface area contributed by atoms with Crippen molar-refractivity contribution in [1.29, 1.82) is 0 Å². The molecule has 2 saturated heterocycles. The number of piperazine rings is 1. The van der Waals surface area contributed by atoms with Crippen LogP contribution < -0.4 is 0 Å². The number of rotatable bonds is 7. The van der Waals surface area contributed by atoms with E-state index in [1.807, 2.05) is 63.0 Å². The van der Waals surface area contributed by atoms with Crippen LogP contribution in [0.4, 0.5) is 9.59 Å². The van der Waals surface area contributed by atoms with Crippen LogP contribution in [0.5, 0.6) is 0 Å². The van der Waals surface area contributed by atoms with Crippen molar-refractivity contribution in [3.05, 3.63) is 36.0 Å². The SMILES string of the molecule is C/C(=C\C=C\[C@@H](C)COC(=O)N1CC[C@@H](O)C1)[C@H]1OC(=O)C[C@@H](O)CC[C@@H](C)[C@@H](OC(=O)N2CCN(C3CCCCCC3)CC2)/C=C/[C@@H]1C. The average molecular weight is 688 g/mol. The Morgan fingerprint density at radius 2 is 1.63 bits per heavy atom. The minimum atomic E-state index is -0.848. The van der Waals surface area contributed by atoms with E-state index in [-0.39, 0.29) is 36.9 Å². The number of esters is 1. The first kappa shape index (κ1) is 38.9. The van der Waals surface area contributed by atoms with E-state index in [4.69, 9.17) is 14.2 Å². The monoisotopic (exact) mass is 687 g/mol. The lowest BCUT2D eigenvalue weighted by atomic mass is 9.92. The number of allylic oxidation sites excluding steroid dienone is 2. The molecule has 0 radical (unpaired) electrons. The van der Waals surface area contributed by atoms with Gasteiger partial charge in [0.05, 0.1) is 25.2 Å². The van der Waals surface area contributed by atoms with Crippen LogP contribution >= 0.6 is 0 Å². The van der Waals surface area contributed by atoms with Gasteiger partial charge in [-0.1, -0.05) is 70.8 Å². The second-order valence-corrected chi connectivity index (χ2v) is 14.8. The van der Waals surface area contributed by atoms with Gasteiger partial charge in [-0.2, -0.15) is 0 Å². The smallest absolute Gasteiger partial charge is 0.410 e. The third-order valence-electron chi connectivity index (χ3n) is 10.5. The predicted octanol–water partition coefficient (Wildman–Crippen LogP) is 5.46. The van der Waals surface area contributed by atoms with Crippen molar-refractivity contribution in [3.63, 3.8) is 0 Å². The van der Waals surface area contributed by atoms with Crippen LogP contribution in [-0.4, -0.2) is 119 Å². The molecule has 11 nitrogen and oxygen atoms in total. The highest BCUT2D eigenvalue weighted by Crippen LogP contribution is 2.26. The molecular formula is C38H61N3O8. The van der Waals surface area contributed by atoms with Crippen molar-refractivity contribution in [2.75, 3.05) is 45.9 Å². The number of cyclic esters (lactones) is 1. The minimum Gasteiger partial charge on any atom is -0.457 e. The Kier molecular flexibility index (Phi) is 15.5. The number of β-amino-alcohol motifs (C(OH)–C–C–N with tert-alkyl or cyclic N) is 1. The second kappa shape index (κ2) is 19.5. The maximum absolute atomic E-state index is 13.4. The quantitative estimate of drug-likeness (QED) is 0.118. The maximum Gasteiger partial charge on any atom is 0.410 e. The molecule has 4 aliphatic rings. The lowest BCUT2D eigenvalue weighted by molar-refractivity contribution is -0.151. The number of nitrogens with zero attached hydrogens (tertiary/aromatic N) is 3. The first-order valence-electron chi connectivity index (χ1n) is 18.7. The summed E-state index contributed by atoms with van der Waals surface area (Å²) in [6.07, 6.45) is 15.6. The van der Waals surface area contributed by atoms with E-state index in [1.165, 1.54) is 43.4 Å². The number of carbonyl (C=O) groups excluding carboxylic acids is 3. The molecule has 4 rings (SSSR count). The van der Waals surface area contributed by atoms with E-state index >= 15 is 0 Å². The topological polar surface area (TPSA) is 129 Å². The number of hydrogen-bond acceptors (Lipinski definition) is 9. The van der Waals surface area contributed by atoms with Gasteiger partial charge in [-0.3, -0.25) is 9.69 Å². The van der Waals surface area contributed by atoms with Crippen LogP contribution in [0.3, 0.4) is 0 Å². The number of carbonyl (C=O) groups is 3. The van der Waals surface area contributed by atoms with Crippen molar-refractivity contribution in [1.82, 2.24) is 14.7 Å². The summed E-state index contributed by atoms with van der Waals surface area (Å²) in [5.41, 5.74) is 0.816. The van der Waals surface area contributed by atoms with E-state index in [0.717, 1.165) is 18.7 Å². The molecule has 0 bridgehead atoms. The Hall–Kier alpha value is -2.89. The molecular weight excluding hydrogens is 626 g/mol.